The molecule has 1 atom stereocenters. The van der Waals surface area contributed by atoms with E-state index in [9.17, 15) is 0 Å². The third-order valence-electron chi connectivity index (χ3n) is 1.44. The van der Waals surface area contributed by atoms with Gasteiger partial charge in [-0.25, -0.2) is 4.68 Å². The van der Waals surface area contributed by atoms with E-state index >= 15 is 0 Å². The second-order valence-electron chi connectivity index (χ2n) is 2.28. The Morgan fingerprint density at radius 3 is 3.00 bits per heavy atom. The average molecular weight is 139 g/mol. The molecule has 1 aromatic rings. The van der Waals surface area contributed by atoms with Crippen molar-refractivity contribution in [3.63, 3.8) is 0 Å². The molecular formula is C6H11N4. The highest BCUT2D eigenvalue weighted by atomic mass is 15.5. The zero-order chi connectivity index (χ0) is 7.40. The molecule has 0 saturated heterocycles. The molecule has 1 rings (SSSR count). The number of aromatic nitrogens is 4. The molecule has 0 fully saturated rings. The van der Waals surface area contributed by atoms with Crippen LogP contribution >= 0.6 is 0 Å². The molecular weight excluding hydrogens is 128 g/mol. The van der Waals surface area contributed by atoms with Crippen molar-refractivity contribution in [1.82, 2.24) is 20.2 Å². The maximum Gasteiger partial charge on any atom is 0.138 e. The van der Waals surface area contributed by atoms with E-state index in [1.807, 2.05) is 0 Å². The van der Waals surface area contributed by atoms with Gasteiger partial charge in [0, 0.05) is 0 Å². The van der Waals surface area contributed by atoms with E-state index in [1.54, 1.807) is 11.0 Å². The van der Waals surface area contributed by atoms with Crippen molar-refractivity contribution in [1.29, 1.82) is 0 Å². The van der Waals surface area contributed by atoms with Crippen LogP contribution in [-0.4, -0.2) is 20.2 Å². The summed E-state index contributed by atoms with van der Waals surface area (Å²) in [6, 6.07) is 0.368. The van der Waals surface area contributed by atoms with Crippen LogP contribution in [0.3, 0.4) is 0 Å². The van der Waals surface area contributed by atoms with E-state index in [1.165, 1.54) is 0 Å². The van der Waals surface area contributed by atoms with Gasteiger partial charge in [-0.3, -0.25) is 0 Å². The lowest BCUT2D eigenvalue weighted by Gasteiger charge is -2.06. The third-order valence-corrected chi connectivity index (χ3v) is 1.44. The van der Waals surface area contributed by atoms with Gasteiger partial charge in [-0.05, 0) is 23.8 Å². The van der Waals surface area contributed by atoms with Crippen molar-refractivity contribution in [3.05, 3.63) is 13.3 Å². The normalized spacial score (nSPS) is 13.4. The van der Waals surface area contributed by atoms with Crippen molar-refractivity contribution >= 4 is 0 Å². The Morgan fingerprint density at radius 2 is 2.50 bits per heavy atom. The monoisotopic (exact) mass is 139 g/mol. The maximum atomic E-state index is 3.76. The van der Waals surface area contributed by atoms with Crippen molar-refractivity contribution in [2.24, 2.45) is 0 Å². The Labute approximate surface area is 60.2 Å². The topological polar surface area (TPSA) is 43.6 Å². The second-order valence-corrected chi connectivity index (χ2v) is 2.28. The lowest BCUT2D eigenvalue weighted by atomic mass is 10.2. The SMILES string of the molecule is [CH2]CCC(C)n1cnnn1. The highest BCUT2D eigenvalue weighted by Crippen LogP contribution is 2.08. The summed E-state index contributed by atoms with van der Waals surface area (Å²) in [5.41, 5.74) is 0. The van der Waals surface area contributed by atoms with Crippen LogP contribution in [0.25, 0.3) is 0 Å². The molecule has 4 nitrogen and oxygen atoms in total. The Morgan fingerprint density at radius 1 is 1.70 bits per heavy atom. The van der Waals surface area contributed by atoms with Crippen LogP contribution < -0.4 is 0 Å². The summed E-state index contributed by atoms with van der Waals surface area (Å²) in [5.74, 6) is 0. The first-order chi connectivity index (χ1) is 4.84. The first-order valence-corrected chi connectivity index (χ1v) is 3.36. The van der Waals surface area contributed by atoms with Crippen molar-refractivity contribution < 1.29 is 0 Å². The molecule has 4 heteroatoms. The van der Waals surface area contributed by atoms with Crippen LogP contribution in [0.15, 0.2) is 6.33 Å². The van der Waals surface area contributed by atoms with E-state index in [4.69, 9.17) is 0 Å². The van der Waals surface area contributed by atoms with Gasteiger partial charge >= 0.3 is 0 Å². The molecule has 1 aromatic heterocycles. The van der Waals surface area contributed by atoms with E-state index in [2.05, 4.69) is 29.4 Å². The molecule has 0 aromatic carbocycles. The quantitative estimate of drug-likeness (QED) is 0.623. The van der Waals surface area contributed by atoms with Crippen LogP contribution in [0.5, 0.6) is 0 Å². The van der Waals surface area contributed by atoms with E-state index in [0.717, 1.165) is 12.8 Å². The molecule has 0 spiro atoms. The summed E-state index contributed by atoms with van der Waals surface area (Å²) < 4.78 is 1.74. The molecule has 55 valence electrons. The minimum atomic E-state index is 0.368. The zero-order valence-electron chi connectivity index (χ0n) is 6.06. The molecule has 1 heterocycles. The van der Waals surface area contributed by atoms with Crippen LogP contribution in [0, 0.1) is 6.92 Å². The van der Waals surface area contributed by atoms with Crippen LogP contribution in [0.2, 0.25) is 0 Å². The van der Waals surface area contributed by atoms with Gasteiger partial charge < -0.3 is 0 Å². The lowest BCUT2D eigenvalue weighted by Crippen LogP contribution is -2.05. The van der Waals surface area contributed by atoms with Gasteiger partial charge in [0.1, 0.15) is 6.33 Å². The maximum absolute atomic E-state index is 3.76. The minimum Gasteiger partial charge on any atom is -0.230 e. The molecule has 0 saturated carbocycles. The van der Waals surface area contributed by atoms with E-state index in [-0.39, 0.29) is 0 Å². The number of hydrogen-bond acceptors (Lipinski definition) is 3. The highest BCUT2D eigenvalue weighted by Gasteiger charge is 2.02. The van der Waals surface area contributed by atoms with Crippen LogP contribution in [0.4, 0.5) is 0 Å². The van der Waals surface area contributed by atoms with Crippen molar-refractivity contribution in [3.8, 4) is 0 Å². The fourth-order valence-corrected chi connectivity index (χ4v) is 0.798. The van der Waals surface area contributed by atoms with Gasteiger partial charge in [0.2, 0.25) is 0 Å². The molecule has 0 aliphatic heterocycles. The number of hydrogen-bond donors (Lipinski definition) is 0. The molecule has 0 amide bonds. The van der Waals surface area contributed by atoms with Gasteiger partial charge in [-0.15, -0.1) is 5.10 Å². The molecule has 0 N–H and O–H groups in total. The summed E-state index contributed by atoms with van der Waals surface area (Å²) in [5, 5.41) is 10.8. The Balaban J connectivity index is 2.50. The Bertz CT molecular complexity index is 170. The Kier molecular flexibility index (Phi) is 2.36. The molecule has 0 bridgehead atoms. The van der Waals surface area contributed by atoms with Gasteiger partial charge in [0.25, 0.3) is 0 Å². The average Bonchev–Trinajstić information content (AvgIpc) is 2.38. The van der Waals surface area contributed by atoms with Crippen LogP contribution in [-0.2, 0) is 0 Å². The van der Waals surface area contributed by atoms with Gasteiger partial charge in [-0.2, -0.15) is 0 Å². The molecule has 1 radical (unpaired) electrons. The Hall–Kier alpha value is -0.930. The molecule has 0 aliphatic carbocycles. The number of nitrogens with zero attached hydrogens (tertiary/aromatic N) is 4. The fourth-order valence-electron chi connectivity index (χ4n) is 0.798. The van der Waals surface area contributed by atoms with E-state index < -0.39 is 0 Å². The summed E-state index contributed by atoms with van der Waals surface area (Å²) >= 11 is 0. The number of rotatable bonds is 3. The first kappa shape index (κ1) is 7.18. The smallest absolute Gasteiger partial charge is 0.138 e. The molecule has 10 heavy (non-hydrogen) atoms. The fraction of sp³-hybridized carbons (Fsp3) is 0.667. The molecule has 0 aliphatic rings. The number of tetrazole rings is 1. The minimum absolute atomic E-state index is 0.368. The second kappa shape index (κ2) is 3.29. The largest absolute Gasteiger partial charge is 0.230 e. The van der Waals surface area contributed by atoms with Gasteiger partial charge in [0.15, 0.2) is 0 Å². The predicted octanol–water partition coefficient (Wildman–Crippen LogP) is 0.848. The van der Waals surface area contributed by atoms with Gasteiger partial charge in [-0.1, -0.05) is 13.3 Å². The summed E-state index contributed by atoms with van der Waals surface area (Å²) in [6.07, 6.45) is 3.56. The van der Waals surface area contributed by atoms with Crippen molar-refractivity contribution in [2.45, 2.75) is 25.8 Å². The standard InChI is InChI=1S/C6H11N4/c1-3-4-6(2)10-5-7-8-9-10/h5-6H,1,3-4H2,2H3. The zero-order valence-corrected chi connectivity index (χ0v) is 6.06. The van der Waals surface area contributed by atoms with Crippen molar-refractivity contribution in [2.75, 3.05) is 0 Å². The summed E-state index contributed by atoms with van der Waals surface area (Å²) in [6.45, 7) is 5.82. The first-order valence-electron chi connectivity index (χ1n) is 3.36. The lowest BCUT2D eigenvalue weighted by molar-refractivity contribution is 0.450. The third kappa shape index (κ3) is 1.52. The van der Waals surface area contributed by atoms with Gasteiger partial charge in [0.05, 0.1) is 6.04 Å². The highest BCUT2D eigenvalue weighted by molar-refractivity contribution is 4.60. The van der Waals surface area contributed by atoms with E-state index in [0.29, 0.717) is 6.04 Å². The summed E-state index contributed by atoms with van der Waals surface area (Å²) in [7, 11) is 0. The van der Waals surface area contributed by atoms with Crippen LogP contribution in [0.1, 0.15) is 25.8 Å². The molecule has 1 unspecified atom stereocenters. The predicted molar refractivity (Wildman–Crippen MR) is 37.1 cm³/mol. The summed E-state index contributed by atoms with van der Waals surface area (Å²) in [4.78, 5) is 0.